The summed E-state index contributed by atoms with van der Waals surface area (Å²) in [7, 11) is 0. The Hall–Kier alpha value is -2.46. The van der Waals surface area contributed by atoms with E-state index in [4.69, 9.17) is 10.00 Å². The maximum absolute atomic E-state index is 11.0. The summed E-state index contributed by atoms with van der Waals surface area (Å²) >= 11 is 1.50. The fraction of sp³-hybridized carbons (Fsp3) is 0.231. The minimum atomic E-state index is -0.561. The molecule has 0 unspecified atom stereocenters. The van der Waals surface area contributed by atoms with Crippen LogP contribution >= 0.6 is 11.3 Å². The van der Waals surface area contributed by atoms with E-state index in [0.29, 0.717) is 0 Å². The lowest BCUT2D eigenvalue weighted by atomic mass is 10.2. The molecule has 1 aromatic carbocycles. The van der Waals surface area contributed by atoms with E-state index in [0.717, 1.165) is 15.6 Å². The molecule has 0 bridgehead atoms. The van der Waals surface area contributed by atoms with Gasteiger partial charge in [-0.15, -0.1) is 11.3 Å². The molecule has 0 aliphatic heterocycles. The molecule has 0 radical (unpaired) electrons. The van der Waals surface area contributed by atoms with Crippen molar-refractivity contribution in [1.29, 1.82) is 5.26 Å². The van der Waals surface area contributed by atoms with Gasteiger partial charge in [-0.05, 0) is 26.0 Å². The second-order valence-electron chi connectivity index (χ2n) is 4.09. The normalized spacial score (nSPS) is 10.1. The summed E-state index contributed by atoms with van der Waals surface area (Å²) in [6, 6.07) is 5.99. The standard InChI is InChI=1S/C13H11N3O3S/c1-8-9(2)20-13(15-8)7-19-12-4-3-10(6-14)5-11(12)16(17)18/h3-5H,7H2,1-2H3. The smallest absolute Gasteiger partial charge is 0.312 e. The number of nitrogens with zero attached hydrogens (tertiary/aromatic N) is 3. The van der Waals surface area contributed by atoms with Crippen molar-refractivity contribution >= 4 is 17.0 Å². The highest BCUT2D eigenvalue weighted by molar-refractivity contribution is 7.11. The molecule has 2 rings (SSSR count). The highest BCUT2D eigenvalue weighted by Gasteiger charge is 2.16. The topological polar surface area (TPSA) is 89.0 Å². The van der Waals surface area contributed by atoms with Gasteiger partial charge in [0.15, 0.2) is 5.75 Å². The van der Waals surface area contributed by atoms with Gasteiger partial charge in [0.25, 0.3) is 0 Å². The van der Waals surface area contributed by atoms with Gasteiger partial charge in [0.1, 0.15) is 11.6 Å². The predicted octanol–water partition coefficient (Wildman–Crippen LogP) is 3.12. The fourth-order valence-electron chi connectivity index (χ4n) is 1.59. The largest absolute Gasteiger partial charge is 0.479 e. The maximum atomic E-state index is 11.0. The van der Waals surface area contributed by atoms with Gasteiger partial charge in [0, 0.05) is 10.9 Å². The van der Waals surface area contributed by atoms with Gasteiger partial charge in [-0.25, -0.2) is 4.98 Å². The molecule has 1 heterocycles. The van der Waals surface area contributed by atoms with Gasteiger partial charge in [-0.2, -0.15) is 5.26 Å². The lowest BCUT2D eigenvalue weighted by Crippen LogP contribution is -1.99. The quantitative estimate of drug-likeness (QED) is 0.637. The molecule has 0 N–H and O–H groups in total. The zero-order chi connectivity index (χ0) is 14.7. The van der Waals surface area contributed by atoms with Gasteiger partial charge in [-0.3, -0.25) is 10.1 Å². The molecule has 0 amide bonds. The van der Waals surface area contributed by atoms with Gasteiger partial charge < -0.3 is 4.74 Å². The zero-order valence-electron chi connectivity index (χ0n) is 10.9. The first kappa shape index (κ1) is 14.0. The van der Waals surface area contributed by atoms with Gasteiger partial charge >= 0.3 is 5.69 Å². The van der Waals surface area contributed by atoms with E-state index < -0.39 is 4.92 Å². The molecule has 102 valence electrons. The van der Waals surface area contributed by atoms with Crippen LogP contribution in [0.4, 0.5) is 5.69 Å². The maximum Gasteiger partial charge on any atom is 0.312 e. The Morgan fingerprint density at radius 1 is 1.50 bits per heavy atom. The lowest BCUT2D eigenvalue weighted by molar-refractivity contribution is -0.386. The van der Waals surface area contributed by atoms with Crippen LogP contribution in [0.15, 0.2) is 18.2 Å². The average Bonchev–Trinajstić information content (AvgIpc) is 2.75. The molecule has 2 aromatic rings. The SMILES string of the molecule is Cc1nc(COc2ccc(C#N)cc2[N+](=O)[O-])sc1C. The molecular formula is C13H11N3O3S. The van der Waals surface area contributed by atoms with Crippen molar-refractivity contribution in [3.8, 4) is 11.8 Å². The molecule has 0 atom stereocenters. The van der Waals surface area contributed by atoms with Crippen molar-refractivity contribution in [1.82, 2.24) is 4.98 Å². The number of rotatable bonds is 4. The van der Waals surface area contributed by atoms with Crippen molar-refractivity contribution in [3.63, 3.8) is 0 Å². The van der Waals surface area contributed by atoms with Crippen molar-refractivity contribution < 1.29 is 9.66 Å². The molecule has 0 saturated heterocycles. The van der Waals surface area contributed by atoms with Crippen LogP contribution in [0.25, 0.3) is 0 Å². The Bertz CT molecular complexity index is 684. The van der Waals surface area contributed by atoms with E-state index in [1.54, 1.807) is 0 Å². The van der Waals surface area contributed by atoms with Crippen LogP contribution in [-0.4, -0.2) is 9.91 Å². The number of nitro benzene ring substituents is 1. The van der Waals surface area contributed by atoms with E-state index in [-0.39, 0.29) is 23.6 Å². The first-order chi connectivity index (χ1) is 9.51. The van der Waals surface area contributed by atoms with Crippen LogP contribution in [0.1, 0.15) is 21.1 Å². The Balaban J connectivity index is 2.21. The first-order valence-electron chi connectivity index (χ1n) is 5.75. The minimum absolute atomic E-state index is 0.138. The van der Waals surface area contributed by atoms with Gasteiger partial charge in [0.2, 0.25) is 0 Å². The van der Waals surface area contributed by atoms with Crippen LogP contribution in [0, 0.1) is 35.3 Å². The number of hydrogen-bond acceptors (Lipinski definition) is 6. The summed E-state index contributed by atoms with van der Waals surface area (Å²) in [4.78, 5) is 15.8. The highest BCUT2D eigenvalue weighted by atomic mass is 32.1. The number of hydrogen-bond donors (Lipinski definition) is 0. The van der Waals surface area contributed by atoms with Crippen LogP contribution in [0.2, 0.25) is 0 Å². The van der Waals surface area contributed by atoms with Crippen molar-refractivity contribution in [2.75, 3.05) is 0 Å². The van der Waals surface area contributed by atoms with Crippen molar-refractivity contribution in [3.05, 3.63) is 49.5 Å². The van der Waals surface area contributed by atoms with Gasteiger partial charge in [0.05, 0.1) is 22.2 Å². The third-order valence-corrected chi connectivity index (χ3v) is 3.76. The molecule has 0 fully saturated rings. The summed E-state index contributed by atoms with van der Waals surface area (Å²) in [6.45, 7) is 4.03. The molecule has 1 aromatic heterocycles. The van der Waals surface area contributed by atoms with E-state index in [1.807, 2.05) is 19.9 Å². The molecule has 0 aliphatic carbocycles. The third-order valence-electron chi connectivity index (χ3n) is 2.71. The number of aromatic nitrogens is 1. The monoisotopic (exact) mass is 289 g/mol. The summed E-state index contributed by atoms with van der Waals surface area (Å²) in [5.74, 6) is 0.138. The van der Waals surface area contributed by atoms with Crippen molar-refractivity contribution in [2.24, 2.45) is 0 Å². The van der Waals surface area contributed by atoms with Crippen LogP contribution in [-0.2, 0) is 6.61 Å². The van der Waals surface area contributed by atoms with Gasteiger partial charge in [-0.1, -0.05) is 0 Å². The minimum Gasteiger partial charge on any atom is -0.479 e. The summed E-state index contributed by atoms with van der Waals surface area (Å²) in [6.07, 6.45) is 0. The predicted molar refractivity (Wildman–Crippen MR) is 73.7 cm³/mol. The Kier molecular flexibility index (Phi) is 3.96. The lowest BCUT2D eigenvalue weighted by Gasteiger charge is -2.04. The number of nitriles is 1. The molecule has 0 aliphatic rings. The molecule has 6 nitrogen and oxygen atoms in total. The second kappa shape index (κ2) is 5.67. The fourth-order valence-corrected chi connectivity index (χ4v) is 2.44. The van der Waals surface area contributed by atoms with E-state index in [1.165, 1.54) is 29.5 Å². The highest BCUT2D eigenvalue weighted by Crippen LogP contribution is 2.29. The molecule has 7 heteroatoms. The zero-order valence-corrected chi connectivity index (χ0v) is 11.7. The average molecular weight is 289 g/mol. The van der Waals surface area contributed by atoms with Crippen LogP contribution < -0.4 is 4.74 Å². The number of benzene rings is 1. The third kappa shape index (κ3) is 2.92. The van der Waals surface area contributed by atoms with Crippen molar-refractivity contribution in [2.45, 2.75) is 20.5 Å². The molecule has 0 spiro atoms. The Morgan fingerprint density at radius 3 is 2.80 bits per heavy atom. The number of ether oxygens (including phenoxy) is 1. The number of thiazole rings is 1. The van der Waals surface area contributed by atoms with E-state index >= 15 is 0 Å². The van der Waals surface area contributed by atoms with E-state index in [2.05, 4.69) is 4.98 Å². The Labute approximate surface area is 119 Å². The summed E-state index contributed by atoms with van der Waals surface area (Å²) < 4.78 is 5.45. The summed E-state index contributed by atoms with van der Waals surface area (Å²) in [5.41, 5.74) is 0.946. The van der Waals surface area contributed by atoms with E-state index in [9.17, 15) is 10.1 Å². The second-order valence-corrected chi connectivity index (χ2v) is 5.38. The molecular weight excluding hydrogens is 278 g/mol. The molecule has 0 saturated carbocycles. The molecule has 20 heavy (non-hydrogen) atoms. The van der Waals surface area contributed by atoms with Crippen LogP contribution in [0.5, 0.6) is 5.75 Å². The first-order valence-corrected chi connectivity index (χ1v) is 6.57. The van der Waals surface area contributed by atoms with Crippen LogP contribution in [0.3, 0.4) is 0 Å². The number of aryl methyl sites for hydroxylation is 2. The number of nitro groups is 1. The summed E-state index contributed by atoms with van der Waals surface area (Å²) in [5, 5.41) is 20.5. The Morgan fingerprint density at radius 2 is 2.25 bits per heavy atom.